The lowest BCUT2D eigenvalue weighted by Crippen LogP contribution is -2.33. The first-order valence-electron chi connectivity index (χ1n) is 9.06. The number of nitriles is 1. The molecule has 2 aromatic heterocycles. The van der Waals surface area contributed by atoms with Crippen LogP contribution < -0.4 is 16.0 Å². The number of ether oxygens (including phenoxy) is 1. The minimum atomic E-state index is -0.674. The number of rotatable bonds is 3. The molecule has 0 amide bonds. The van der Waals surface area contributed by atoms with Crippen LogP contribution in [0.3, 0.4) is 0 Å². The minimum Gasteiger partial charge on any atom is -0.440 e. The number of fused-ring (bicyclic) bond motifs is 1. The Morgan fingerprint density at radius 2 is 2.10 bits per heavy atom. The number of hydrogen-bond acceptors (Lipinski definition) is 5. The van der Waals surface area contributed by atoms with Crippen molar-refractivity contribution in [1.82, 2.24) is 9.55 Å². The summed E-state index contributed by atoms with van der Waals surface area (Å²) < 4.78 is 7.25. The van der Waals surface area contributed by atoms with Crippen molar-refractivity contribution in [2.45, 2.75) is 19.4 Å². The summed E-state index contributed by atoms with van der Waals surface area (Å²) in [5.74, 6) is -0.357. The van der Waals surface area contributed by atoms with E-state index in [4.69, 9.17) is 33.7 Å². The molecule has 3 heterocycles. The van der Waals surface area contributed by atoms with Crippen molar-refractivity contribution in [3.05, 3.63) is 103 Å². The van der Waals surface area contributed by atoms with Crippen molar-refractivity contribution < 1.29 is 4.74 Å². The normalized spacial score (nSPS) is 15.3. The molecule has 3 aromatic rings. The van der Waals surface area contributed by atoms with E-state index in [1.807, 2.05) is 0 Å². The van der Waals surface area contributed by atoms with Crippen molar-refractivity contribution >= 4 is 23.2 Å². The highest BCUT2D eigenvalue weighted by Gasteiger charge is 2.34. The third-order valence-electron chi connectivity index (χ3n) is 5.05. The molecule has 150 valence electrons. The van der Waals surface area contributed by atoms with Gasteiger partial charge in [-0.1, -0.05) is 35.3 Å². The van der Waals surface area contributed by atoms with Crippen LogP contribution in [0, 0.1) is 18.3 Å². The molecule has 0 fully saturated rings. The summed E-state index contributed by atoms with van der Waals surface area (Å²) in [4.78, 5) is 17.7. The molecule has 0 aliphatic carbocycles. The lowest BCUT2D eigenvalue weighted by molar-refractivity contribution is 0.389. The van der Waals surface area contributed by atoms with Gasteiger partial charge in [-0.3, -0.25) is 9.78 Å². The number of nitrogens with zero attached hydrogens (tertiary/aromatic N) is 3. The maximum absolute atomic E-state index is 13.6. The van der Waals surface area contributed by atoms with Crippen LogP contribution in [0.25, 0.3) is 0 Å². The molecule has 1 aliphatic rings. The van der Waals surface area contributed by atoms with Crippen LogP contribution in [0.5, 0.6) is 5.75 Å². The number of halogens is 2. The Morgan fingerprint density at radius 1 is 1.30 bits per heavy atom. The van der Waals surface area contributed by atoms with Gasteiger partial charge in [-0.2, -0.15) is 5.26 Å². The monoisotopic (exact) mass is 438 g/mol. The first-order valence-corrected chi connectivity index (χ1v) is 9.82. The van der Waals surface area contributed by atoms with Gasteiger partial charge < -0.3 is 15.0 Å². The van der Waals surface area contributed by atoms with Crippen LogP contribution in [-0.4, -0.2) is 9.55 Å². The predicted molar refractivity (Wildman–Crippen MR) is 115 cm³/mol. The van der Waals surface area contributed by atoms with E-state index >= 15 is 0 Å². The maximum atomic E-state index is 13.6. The summed E-state index contributed by atoms with van der Waals surface area (Å²) in [5, 5.41) is 10.7. The van der Waals surface area contributed by atoms with Gasteiger partial charge in [0.1, 0.15) is 17.4 Å². The molecule has 6 nitrogen and oxygen atoms in total. The lowest BCUT2D eigenvalue weighted by atomic mass is 9.85. The Labute approximate surface area is 182 Å². The van der Waals surface area contributed by atoms with Crippen molar-refractivity contribution in [2.75, 3.05) is 0 Å². The quantitative estimate of drug-likeness (QED) is 0.663. The highest BCUT2D eigenvalue weighted by Crippen LogP contribution is 2.40. The van der Waals surface area contributed by atoms with E-state index in [0.29, 0.717) is 32.6 Å². The summed E-state index contributed by atoms with van der Waals surface area (Å²) in [5.41, 5.74) is 8.32. The number of hydrogen-bond donors (Lipinski definition) is 1. The molecule has 0 bridgehead atoms. The summed E-state index contributed by atoms with van der Waals surface area (Å²) >= 11 is 12.3. The summed E-state index contributed by atoms with van der Waals surface area (Å²) in [6.07, 6.45) is 3.24. The second kappa shape index (κ2) is 7.86. The SMILES string of the molecule is Cc1cc2c(c(=O)n1Cc1ccc(Cl)cc1Cl)C(c1cccnc1)C(C#N)=C(N)O2. The van der Waals surface area contributed by atoms with E-state index < -0.39 is 5.92 Å². The van der Waals surface area contributed by atoms with Crippen LogP contribution in [0.2, 0.25) is 10.0 Å². The highest BCUT2D eigenvalue weighted by molar-refractivity contribution is 6.35. The average molecular weight is 439 g/mol. The zero-order valence-corrected chi connectivity index (χ0v) is 17.4. The number of aryl methyl sites for hydroxylation is 1. The Balaban J connectivity index is 1.92. The van der Waals surface area contributed by atoms with Crippen molar-refractivity contribution in [3.8, 4) is 11.8 Å². The van der Waals surface area contributed by atoms with E-state index in [-0.39, 0.29) is 23.6 Å². The molecule has 1 unspecified atom stereocenters. The van der Waals surface area contributed by atoms with Crippen molar-refractivity contribution in [2.24, 2.45) is 5.73 Å². The van der Waals surface area contributed by atoms with E-state index in [1.54, 1.807) is 60.3 Å². The number of aromatic nitrogens is 2. The number of pyridine rings is 2. The molecule has 1 aromatic carbocycles. The fourth-order valence-electron chi connectivity index (χ4n) is 3.58. The van der Waals surface area contributed by atoms with Crippen LogP contribution >= 0.6 is 23.2 Å². The lowest BCUT2D eigenvalue weighted by Gasteiger charge is -2.27. The van der Waals surface area contributed by atoms with Gasteiger partial charge >= 0.3 is 0 Å². The zero-order chi connectivity index (χ0) is 21.4. The first-order chi connectivity index (χ1) is 14.4. The van der Waals surface area contributed by atoms with E-state index in [0.717, 1.165) is 5.56 Å². The van der Waals surface area contributed by atoms with Gasteiger partial charge in [0.2, 0.25) is 5.88 Å². The molecule has 1 atom stereocenters. The molecule has 0 saturated heterocycles. The molecule has 1 aliphatic heterocycles. The molecule has 4 rings (SSSR count). The Kier molecular flexibility index (Phi) is 5.25. The molecule has 30 heavy (non-hydrogen) atoms. The van der Waals surface area contributed by atoms with Crippen LogP contribution in [0.15, 0.2) is 65.0 Å². The van der Waals surface area contributed by atoms with Gasteiger partial charge in [0.05, 0.1) is 18.0 Å². The topological polar surface area (TPSA) is 93.9 Å². The number of nitrogens with two attached hydrogens (primary N) is 1. The summed E-state index contributed by atoms with van der Waals surface area (Å²) in [6.45, 7) is 2.04. The van der Waals surface area contributed by atoms with Crippen molar-refractivity contribution in [1.29, 1.82) is 5.26 Å². The molecular formula is C22H16Cl2N4O2. The molecule has 8 heteroatoms. The number of benzene rings is 1. The maximum Gasteiger partial charge on any atom is 0.259 e. The minimum absolute atomic E-state index is 0.0175. The third-order valence-corrected chi connectivity index (χ3v) is 5.64. The Morgan fingerprint density at radius 3 is 2.77 bits per heavy atom. The van der Waals surface area contributed by atoms with Gasteiger partial charge in [0.15, 0.2) is 0 Å². The van der Waals surface area contributed by atoms with Gasteiger partial charge in [0.25, 0.3) is 5.56 Å². The van der Waals surface area contributed by atoms with Gasteiger partial charge in [-0.05, 0) is 36.2 Å². The van der Waals surface area contributed by atoms with Crippen LogP contribution in [0.4, 0.5) is 0 Å². The molecular weight excluding hydrogens is 423 g/mol. The summed E-state index contributed by atoms with van der Waals surface area (Å²) in [7, 11) is 0. The van der Waals surface area contributed by atoms with Crippen LogP contribution in [0.1, 0.15) is 28.3 Å². The fourth-order valence-corrected chi connectivity index (χ4v) is 4.05. The second-order valence-electron chi connectivity index (χ2n) is 6.90. The molecule has 2 N–H and O–H groups in total. The van der Waals surface area contributed by atoms with Gasteiger partial charge in [0, 0.05) is 34.2 Å². The third kappa shape index (κ3) is 3.43. The van der Waals surface area contributed by atoms with E-state index in [1.165, 1.54) is 0 Å². The Hall–Kier alpha value is -3.27. The Bertz CT molecular complexity index is 1280. The summed E-state index contributed by atoms with van der Waals surface area (Å²) in [6, 6.07) is 12.5. The predicted octanol–water partition coefficient (Wildman–Crippen LogP) is 4.13. The first kappa shape index (κ1) is 20.0. The molecule has 0 radical (unpaired) electrons. The van der Waals surface area contributed by atoms with E-state index in [9.17, 15) is 10.1 Å². The average Bonchev–Trinajstić information content (AvgIpc) is 2.72. The smallest absolute Gasteiger partial charge is 0.259 e. The van der Waals surface area contributed by atoms with E-state index in [2.05, 4.69) is 11.1 Å². The van der Waals surface area contributed by atoms with Gasteiger partial charge in [-0.25, -0.2) is 0 Å². The molecule has 0 saturated carbocycles. The second-order valence-corrected chi connectivity index (χ2v) is 7.75. The zero-order valence-electron chi connectivity index (χ0n) is 15.9. The number of allylic oxidation sites excluding steroid dienone is 1. The highest BCUT2D eigenvalue weighted by atomic mass is 35.5. The van der Waals surface area contributed by atoms with Crippen molar-refractivity contribution in [3.63, 3.8) is 0 Å². The fraction of sp³-hybridized carbons (Fsp3) is 0.136. The van der Waals surface area contributed by atoms with Crippen LogP contribution in [-0.2, 0) is 6.54 Å². The largest absolute Gasteiger partial charge is 0.440 e. The standard InChI is InChI=1S/C22H16Cl2N4O2/c1-12-7-18-20(22(29)28(12)11-14-4-5-15(23)8-17(14)24)19(13-3-2-6-27-10-13)16(9-25)21(26)30-18/h2-8,10,19H,11,26H2,1H3. The van der Waals surface area contributed by atoms with Gasteiger partial charge in [-0.15, -0.1) is 0 Å². The molecule has 0 spiro atoms.